The Labute approximate surface area is 120 Å². The highest BCUT2D eigenvalue weighted by atomic mass is 32.2. The third-order valence-electron chi connectivity index (χ3n) is 4.12. The molecule has 2 aliphatic heterocycles. The number of amidine groups is 1. The quantitative estimate of drug-likeness (QED) is 0.843. The molecular formula is C13H24N2O2S2. The second kappa shape index (κ2) is 6.48. The molecule has 2 aliphatic rings. The fourth-order valence-corrected chi connectivity index (χ4v) is 6.00. The molecule has 0 aromatic carbocycles. The predicted octanol–water partition coefficient (Wildman–Crippen LogP) is 1.92. The third kappa shape index (κ3) is 4.12. The molecule has 2 unspecified atom stereocenters. The summed E-state index contributed by atoms with van der Waals surface area (Å²) in [6, 6.07) is 0. The molecular weight excluding hydrogens is 280 g/mol. The van der Waals surface area contributed by atoms with Gasteiger partial charge in [0.15, 0.2) is 15.0 Å². The van der Waals surface area contributed by atoms with E-state index < -0.39 is 9.84 Å². The van der Waals surface area contributed by atoms with E-state index in [9.17, 15) is 8.42 Å². The minimum Gasteiger partial charge on any atom is -0.365 e. The molecule has 4 nitrogen and oxygen atoms in total. The van der Waals surface area contributed by atoms with Crippen LogP contribution in [-0.2, 0) is 9.84 Å². The Hall–Kier alpha value is -0.230. The molecule has 1 fully saturated rings. The van der Waals surface area contributed by atoms with E-state index >= 15 is 0 Å². The van der Waals surface area contributed by atoms with Gasteiger partial charge in [0.05, 0.1) is 18.1 Å². The van der Waals surface area contributed by atoms with Gasteiger partial charge >= 0.3 is 0 Å². The topological polar surface area (TPSA) is 58.5 Å². The maximum Gasteiger partial charge on any atom is 0.156 e. The Balaban J connectivity index is 1.74. The Morgan fingerprint density at radius 2 is 2.16 bits per heavy atom. The Morgan fingerprint density at radius 1 is 1.42 bits per heavy atom. The van der Waals surface area contributed by atoms with Crippen LogP contribution in [0.15, 0.2) is 4.99 Å². The van der Waals surface area contributed by atoms with Crippen LogP contribution in [0.1, 0.15) is 33.1 Å². The van der Waals surface area contributed by atoms with Crippen molar-refractivity contribution >= 4 is 26.8 Å². The van der Waals surface area contributed by atoms with E-state index in [0.29, 0.717) is 16.8 Å². The first-order valence-electron chi connectivity index (χ1n) is 7.19. The van der Waals surface area contributed by atoms with Crippen LogP contribution in [0, 0.1) is 11.8 Å². The highest BCUT2D eigenvalue weighted by Crippen LogP contribution is 2.30. The standard InChI is InChI=1S/C13H24N2O2S2/c1-3-11(4-2)12-8-15-13(18-12)14-7-10-5-6-19(16,17)9-10/h10-12H,3-9H2,1-2H3,(H,14,15). The molecule has 0 aliphatic carbocycles. The lowest BCUT2D eigenvalue weighted by atomic mass is 9.99. The normalized spacial score (nSPS) is 29.7. The summed E-state index contributed by atoms with van der Waals surface area (Å²) in [5.41, 5.74) is 0. The van der Waals surface area contributed by atoms with Gasteiger partial charge in [-0.2, -0.15) is 0 Å². The molecule has 2 atom stereocenters. The summed E-state index contributed by atoms with van der Waals surface area (Å²) in [7, 11) is -2.76. The lowest BCUT2D eigenvalue weighted by Crippen LogP contribution is -2.27. The zero-order valence-electron chi connectivity index (χ0n) is 11.8. The number of aliphatic imine (C=N–C) groups is 1. The van der Waals surface area contributed by atoms with E-state index in [0.717, 1.165) is 30.6 Å². The number of rotatable bonds is 5. The third-order valence-corrected chi connectivity index (χ3v) is 7.29. The van der Waals surface area contributed by atoms with Crippen molar-refractivity contribution in [2.24, 2.45) is 16.8 Å². The lowest BCUT2D eigenvalue weighted by molar-refractivity contribution is 0.479. The van der Waals surface area contributed by atoms with Gasteiger partial charge in [-0.3, -0.25) is 4.99 Å². The van der Waals surface area contributed by atoms with Crippen molar-refractivity contribution in [1.82, 2.24) is 5.32 Å². The molecule has 0 amide bonds. The van der Waals surface area contributed by atoms with Crippen molar-refractivity contribution in [2.45, 2.75) is 38.4 Å². The van der Waals surface area contributed by atoms with Crippen LogP contribution in [0.4, 0.5) is 0 Å². The maximum atomic E-state index is 11.4. The van der Waals surface area contributed by atoms with Gasteiger partial charge in [-0.25, -0.2) is 8.42 Å². The molecule has 1 N–H and O–H groups in total. The van der Waals surface area contributed by atoms with Crippen LogP contribution >= 0.6 is 11.8 Å². The van der Waals surface area contributed by atoms with E-state index in [2.05, 4.69) is 24.2 Å². The number of hydrogen-bond acceptors (Lipinski definition) is 5. The average Bonchev–Trinajstić information content (AvgIpc) is 2.95. The van der Waals surface area contributed by atoms with Gasteiger partial charge in [0.2, 0.25) is 0 Å². The highest BCUT2D eigenvalue weighted by Gasteiger charge is 2.29. The second-order valence-corrected chi connectivity index (χ2v) is 8.99. The highest BCUT2D eigenvalue weighted by molar-refractivity contribution is 8.14. The average molecular weight is 304 g/mol. The van der Waals surface area contributed by atoms with Crippen LogP contribution in [0.3, 0.4) is 0 Å². The summed E-state index contributed by atoms with van der Waals surface area (Å²) in [6.45, 7) is 6.14. The van der Waals surface area contributed by atoms with Crippen LogP contribution < -0.4 is 5.32 Å². The van der Waals surface area contributed by atoms with Crippen LogP contribution in [0.5, 0.6) is 0 Å². The second-order valence-electron chi connectivity index (χ2n) is 5.53. The molecule has 0 spiro atoms. The summed E-state index contributed by atoms with van der Waals surface area (Å²) in [6.07, 6.45) is 3.21. The molecule has 0 saturated carbocycles. The molecule has 0 radical (unpaired) electrons. The summed E-state index contributed by atoms with van der Waals surface area (Å²) >= 11 is 1.84. The molecule has 0 aromatic rings. The summed E-state index contributed by atoms with van der Waals surface area (Å²) in [4.78, 5) is 4.55. The minimum absolute atomic E-state index is 0.264. The number of sulfone groups is 1. The van der Waals surface area contributed by atoms with Crippen LogP contribution in [-0.4, -0.2) is 43.4 Å². The molecule has 6 heteroatoms. The minimum atomic E-state index is -2.76. The number of hydrogen-bond donors (Lipinski definition) is 1. The fourth-order valence-electron chi connectivity index (χ4n) is 2.81. The van der Waals surface area contributed by atoms with E-state index in [1.807, 2.05) is 11.8 Å². The van der Waals surface area contributed by atoms with Gasteiger partial charge in [-0.15, -0.1) is 0 Å². The zero-order chi connectivity index (χ0) is 13.9. The lowest BCUT2D eigenvalue weighted by Gasteiger charge is -2.19. The molecule has 2 heterocycles. The van der Waals surface area contributed by atoms with E-state index in [4.69, 9.17) is 0 Å². The largest absolute Gasteiger partial charge is 0.365 e. The molecule has 0 aromatic heterocycles. The molecule has 19 heavy (non-hydrogen) atoms. The SMILES string of the molecule is CCC(CC)C1CN=C(NCC2CCS(=O)(=O)C2)S1. The number of nitrogens with one attached hydrogen (secondary N) is 1. The molecule has 1 saturated heterocycles. The number of thioether (sulfide) groups is 1. The first-order valence-corrected chi connectivity index (χ1v) is 9.89. The van der Waals surface area contributed by atoms with Crippen molar-refractivity contribution in [3.05, 3.63) is 0 Å². The monoisotopic (exact) mass is 304 g/mol. The summed E-state index contributed by atoms with van der Waals surface area (Å²) in [5, 5.41) is 4.96. The molecule has 2 rings (SSSR count). The van der Waals surface area contributed by atoms with Crippen molar-refractivity contribution < 1.29 is 8.42 Å². The smallest absolute Gasteiger partial charge is 0.156 e. The van der Waals surface area contributed by atoms with Gasteiger partial charge < -0.3 is 5.32 Å². The van der Waals surface area contributed by atoms with Gasteiger partial charge in [0, 0.05) is 11.8 Å². The maximum absolute atomic E-state index is 11.4. The van der Waals surface area contributed by atoms with E-state index in [1.165, 1.54) is 12.8 Å². The van der Waals surface area contributed by atoms with Crippen molar-refractivity contribution in [3.8, 4) is 0 Å². The summed E-state index contributed by atoms with van der Waals surface area (Å²) < 4.78 is 22.8. The van der Waals surface area contributed by atoms with Gasteiger partial charge in [-0.1, -0.05) is 38.5 Å². The zero-order valence-corrected chi connectivity index (χ0v) is 13.4. The Kier molecular flexibility index (Phi) is 5.17. The van der Waals surface area contributed by atoms with Gasteiger partial charge in [0.25, 0.3) is 0 Å². The first-order chi connectivity index (χ1) is 9.04. The van der Waals surface area contributed by atoms with Gasteiger partial charge in [0.1, 0.15) is 0 Å². The fraction of sp³-hybridized carbons (Fsp3) is 0.923. The van der Waals surface area contributed by atoms with Gasteiger partial charge in [-0.05, 0) is 18.3 Å². The van der Waals surface area contributed by atoms with Crippen molar-refractivity contribution in [3.63, 3.8) is 0 Å². The number of nitrogens with zero attached hydrogens (tertiary/aromatic N) is 1. The summed E-state index contributed by atoms with van der Waals surface area (Å²) in [5.74, 6) is 1.70. The van der Waals surface area contributed by atoms with Crippen molar-refractivity contribution in [1.29, 1.82) is 0 Å². The van der Waals surface area contributed by atoms with E-state index in [1.54, 1.807) is 0 Å². The predicted molar refractivity (Wildman–Crippen MR) is 82.5 cm³/mol. The van der Waals surface area contributed by atoms with Crippen LogP contribution in [0.25, 0.3) is 0 Å². The van der Waals surface area contributed by atoms with E-state index in [-0.39, 0.29) is 5.92 Å². The van der Waals surface area contributed by atoms with Crippen LogP contribution in [0.2, 0.25) is 0 Å². The Bertz CT molecular complexity index is 430. The molecule has 110 valence electrons. The van der Waals surface area contributed by atoms with Crippen molar-refractivity contribution in [2.75, 3.05) is 24.6 Å². The Morgan fingerprint density at radius 3 is 2.74 bits per heavy atom. The first kappa shape index (κ1) is 15.2. The molecule has 0 bridgehead atoms.